The van der Waals surface area contributed by atoms with E-state index in [0.29, 0.717) is 52.9 Å². The van der Waals surface area contributed by atoms with Crippen molar-refractivity contribution in [3.8, 4) is 0 Å². The molecule has 0 saturated carbocycles. The number of fused-ring (bicyclic) bond motifs is 8. The van der Waals surface area contributed by atoms with Gasteiger partial charge in [0.05, 0.1) is 87.7 Å². The molecule has 0 aliphatic heterocycles. The van der Waals surface area contributed by atoms with E-state index in [0.717, 1.165) is 108 Å². The Bertz CT molecular complexity index is 4470. The standard InChI is InChI=1S/4C19H21O3P.CHF3O3S.Dy.2NO3/c4*1-3-21-23(20,22-4-2)14-19-17-11-7-5-9-15(17)13-16-10-6-8-12-18(16)19;2-1(3,4)8(5,6)7;;2*2-1(3)4/h4*5-13H,3-4,14H2,1-2H3;(H,5,6,7);;;/q;;;;;+3;2*-1/p-1. The van der Waals surface area contributed by atoms with Crippen LogP contribution < -0.4 is 0 Å². The number of hydrogen-bond donors (Lipinski definition) is 0. The van der Waals surface area contributed by atoms with Gasteiger partial charge in [0.15, 0.2) is 10.1 Å². The molecule has 0 bridgehead atoms. The quantitative estimate of drug-likeness (QED) is 0.0135. The normalized spacial score (nSPS) is 11.7. The monoisotopic (exact) mass is 1750 g/mol. The van der Waals surface area contributed by atoms with Crippen molar-refractivity contribution >= 4 is 127 Å². The minimum Gasteiger partial charge on any atom is -0.741 e. The number of nitrogens with zero attached hydrogens (tertiary/aromatic N) is 2. The van der Waals surface area contributed by atoms with E-state index < -0.39 is 56.2 Å². The molecule has 12 rings (SSSR count). The molecule has 0 aliphatic rings. The van der Waals surface area contributed by atoms with Crippen LogP contribution in [0.4, 0.5) is 13.2 Å². The van der Waals surface area contributed by atoms with Gasteiger partial charge in [0.25, 0.3) is 0 Å². The Balaban J connectivity index is 0.000000243. The van der Waals surface area contributed by atoms with Crippen molar-refractivity contribution in [1.82, 2.24) is 0 Å². The molecule has 109 heavy (non-hydrogen) atoms. The number of halogens is 3. The number of alkyl halides is 3. The van der Waals surface area contributed by atoms with Crippen molar-refractivity contribution < 1.29 is 129 Å². The molecule has 0 amide bonds. The summed E-state index contributed by atoms with van der Waals surface area (Å²) in [6, 6.07) is 74.1. The summed E-state index contributed by atoms with van der Waals surface area (Å²) < 4.78 is 155. The van der Waals surface area contributed by atoms with Crippen molar-refractivity contribution in [2.24, 2.45) is 0 Å². The Hall–Kier alpha value is -7.31. The van der Waals surface area contributed by atoms with E-state index in [1.54, 1.807) is 0 Å². The van der Waals surface area contributed by atoms with Crippen molar-refractivity contribution in [3.63, 3.8) is 0 Å². The molecule has 0 aromatic heterocycles. The van der Waals surface area contributed by atoms with Crippen molar-refractivity contribution in [3.05, 3.63) is 271 Å². The molecule has 0 spiro atoms. The first-order valence-corrected chi connectivity index (χ1v) is 42.5. The molecule has 0 fully saturated rings. The van der Waals surface area contributed by atoms with Gasteiger partial charge in [-0.15, -0.1) is 0 Å². The minimum absolute atomic E-state index is 0. The molecule has 12 aromatic rings. The molecule has 32 heteroatoms. The van der Waals surface area contributed by atoms with Gasteiger partial charge < -0.3 is 71.4 Å². The van der Waals surface area contributed by atoms with Crippen molar-refractivity contribution in [1.29, 1.82) is 0 Å². The third kappa shape index (κ3) is 27.3. The second-order valence-corrected chi connectivity index (χ2v) is 32.5. The van der Waals surface area contributed by atoms with Gasteiger partial charge >= 0.3 is 74.1 Å². The Morgan fingerprint density at radius 2 is 0.413 bits per heavy atom. The van der Waals surface area contributed by atoms with E-state index in [2.05, 4.69) is 121 Å². The molecule has 0 N–H and O–H groups in total. The maximum absolute atomic E-state index is 13.0. The van der Waals surface area contributed by atoms with Crippen LogP contribution in [0.2, 0.25) is 0 Å². The molecule has 0 aliphatic carbocycles. The molecule has 0 heterocycles. The van der Waals surface area contributed by atoms with Gasteiger partial charge in [0.1, 0.15) is 0 Å². The molecule has 0 saturated heterocycles. The van der Waals surface area contributed by atoms with E-state index >= 15 is 0 Å². The maximum atomic E-state index is 13.0. The summed E-state index contributed by atoms with van der Waals surface area (Å²) >= 11 is 0. The van der Waals surface area contributed by atoms with Crippen LogP contribution in [0, 0.1) is 68.8 Å². The van der Waals surface area contributed by atoms with Crippen LogP contribution >= 0.6 is 30.4 Å². The Labute approximate surface area is 660 Å². The number of benzene rings is 12. The summed E-state index contributed by atoms with van der Waals surface area (Å²) in [5.41, 5.74) is -1.52. The SMILES string of the molecule is CCOP(=O)(Cc1c2ccccc2cc2ccccc12)OCC.CCOP(=O)(Cc1c2ccccc2cc2ccccc12)OCC.CCOP(=O)(Cc1c2ccccc2cc2ccccc12)OCC.CCOP(=O)(Cc1c2ccccc2cc2ccccc12)OCC.O=S(=O)([O-])C(F)(F)F.O=[N+]([O-])[O-].O=[N+]([O-])[O-].[Dy+3]. The molecule has 0 unspecified atom stereocenters. The zero-order valence-corrected chi connectivity index (χ0v) is 67.3. The third-order valence-electron chi connectivity index (χ3n) is 15.8. The van der Waals surface area contributed by atoms with E-state index in [1.807, 2.05) is 152 Å². The fourth-order valence-corrected chi connectivity index (χ4v) is 19.1. The zero-order chi connectivity index (χ0) is 79.3. The molecule has 0 atom stereocenters. The van der Waals surface area contributed by atoms with Crippen LogP contribution in [0.15, 0.2) is 218 Å². The van der Waals surface area contributed by atoms with Gasteiger partial charge in [-0.2, -0.15) is 13.2 Å². The fraction of sp³-hybridized carbons (Fsp3) is 0.273. The molecule has 1 radical (unpaired) electrons. The summed E-state index contributed by atoms with van der Waals surface area (Å²) in [4.78, 5) is 16.5. The van der Waals surface area contributed by atoms with E-state index in [-0.39, 0.29) is 62.8 Å². The van der Waals surface area contributed by atoms with Gasteiger partial charge in [0, 0.05) is 0 Å². The summed E-state index contributed by atoms with van der Waals surface area (Å²) in [6.07, 6.45) is 1.15. The van der Waals surface area contributed by atoms with Gasteiger partial charge in [-0.25, -0.2) is 8.42 Å². The first-order chi connectivity index (χ1) is 51.4. The van der Waals surface area contributed by atoms with Crippen molar-refractivity contribution in [2.45, 2.75) is 85.5 Å². The largest absolute Gasteiger partial charge is 3.00 e. The first kappa shape index (κ1) is 92.3. The van der Waals surface area contributed by atoms with Crippen LogP contribution in [0.1, 0.15) is 77.6 Å². The zero-order valence-electron chi connectivity index (χ0n) is 60.9. The second-order valence-electron chi connectivity index (χ2n) is 23.0. The third-order valence-corrected chi connectivity index (χ3v) is 24.4. The van der Waals surface area contributed by atoms with Crippen LogP contribution in [-0.2, 0) is 89.2 Å². The fourth-order valence-electron chi connectivity index (χ4n) is 12.0. The van der Waals surface area contributed by atoms with Gasteiger partial charge in [-0.3, -0.25) is 18.3 Å². The maximum Gasteiger partial charge on any atom is 3.00 e. The predicted molar refractivity (Wildman–Crippen MR) is 421 cm³/mol. The van der Waals surface area contributed by atoms with Gasteiger partial charge in [-0.1, -0.05) is 194 Å². The van der Waals surface area contributed by atoms with Crippen LogP contribution in [0.5, 0.6) is 0 Å². The molecule has 585 valence electrons. The number of hydrogen-bond acceptors (Lipinski definition) is 21. The minimum atomic E-state index is -6.09. The van der Waals surface area contributed by atoms with E-state index in [9.17, 15) is 31.4 Å². The smallest absolute Gasteiger partial charge is 0.741 e. The number of rotatable bonds is 24. The van der Waals surface area contributed by atoms with Gasteiger partial charge in [0.2, 0.25) is 0 Å². The summed E-state index contributed by atoms with van der Waals surface area (Å²) in [5, 5.41) is 47.4. The predicted octanol–water partition coefficient (Wildman–Crippen LogP) is 22.6. The average Bonchev–Trinajstić information content (AvgIpc) is 0.789. The Morgan fingerprint density at radius 3 is 0.514 bits per heavy atom. The van der Waals surface area contributed by atoms with Crippen LogP contribution in [0.3, 0.4) is 0 Å². The molecule has 12 aromatic carbocycles. The summed E-state index contributed by atoms with van der Waals surface area (Å²) in [5.74, 6) is 0. The Kier molecular flexibility index (Phi) is 37.3. The first-order valence-electron chi connectivity index (χ1n) is 34.1. The van der Waals surface area contributed by atoms with Crippen LogP contribution in [-0.4, -0.2) is 81.5 Å². The second kappa shape index (κ2) is 44.1. The summed E-state index contributed by atoms with van der Waals surface area (Å²) in [7, 11) is -18.7. The molecule has 23 nitrogen and oxygen atoms in total. The topological polar surface area (TPSA) is 332 Å². The van der Waals surface area contributed by atoms with Crippen LogP contribution in [0.25, 0.3) is 86.2 Å². The Morgan fingerprint density at radius 1 is 0.303 bits per heavy atom. The summed E-state index contributed by atoms with van der Waals surface area (Å²) in [6.45, 7) is 17.7. The van der Waals surface area contributed by atoms with E-state index in [4.69, 9.17) is 79.8 Å². The molecular weight excluding hydrogens is 1660 g/mol. The average molecular weight is 1750 g/mol. The molecular formula is C77H84DyF3N2O21P4S. The van der Waals surface area contributed by atoms with Gasteiger partial charge in [-0.05, 0) is 188 Å². The van der Waals surface area contributed by atoms with E-state index in [1.165, 1.54) is 0 Å². The van der Waals surface area contributed by atoms with Crippen molar-refractivity contribution in [2.75, 3.05) is 52.9 Å².